The van der Waals surface area contributed by atoms with Crippen molar-refractivity contribution in [2.45, 2.75) is 45.6 Å². The summed E-state index contributed by atoms with van der Waals surface area (Å²) in [4.78, 5) is 11.6. The summed E-state index contributed by atoms with van der Waals surface area (Å²) in [5, 5.41) is 6.40. The Kier molecular flexibility index (Phi) is 7.69. The van der Waals surface area contributed by atoms with Crippen LogP contribution in [0.25, 0.3) is 0 Å². The van der Waals surface area contributed by atoms with Crippen LogP contribution in [0.15, 0.2) is 0 Å². The molecule has 2 N–H and O–H groups in total. The Labute approximate surface area is 109 Å². The third-order valence-corrected chi connectivity index (χ3v) is 4.09. The minimum absolute atomic E-state index is 0.203. The maximum absolute atomic E-state index is 11.6. The van der Waals surface area contributed by atoms with Crippen LogP contribution in [0.4, 0.5) is 0 Å². The van der Waals surface area contributed by atoms with Crippen molar-refractivity contribution in [3.05, 3.63) is 0 Å². The monoisotopic (exact) mass is 258 g/mol. The minimum atomic E-state index is 0.203. The predicted molar refractivity (Wildman–Crippen MR) is 75.4 cm³/mol. The Bertz CT molecular complexity index is 215. The van der Waals surface area contributed by atoms with E-state index in [0.717, 1.165) is 31.2 Å². The quantitative estimate of drug-likeness (QED) is 0.687. The van der Waals surface area contributed by atoms with Gasteiger partial charge < -0.3 is 10.6 Å². The number of hydrogen-bond donors (Lipinski definition) is 2. The second kappa shape index (κ2) is 8.81. The van der Waals surface area contributed by atoms with Crippen molar-refractivity contribution in [1.82, 2.24) is 10.6 Å². The Balaban J connectivity index is 1.97. The molecule has 0 aromatic carbocycles. The Morgan fingerprint density at radius 3 is 2.94 bits per heavy atom. The van der Waals surface area contributed by atoms with E-state index in [2.05, 4.69) is 24.5 Å². The van der Waals surface area contributed by atoms with Crippen molar-refractivity contribution in [3.63, 3.8) is 0 Å². The van der Waals surface area contributed by atoms with E-state index < -0.39 is 0 Å². The Hall–Kier alpha value is -0.220. The molecule has 100 valence electrons. The van der Waals surface area contributed by atoms with E-state index in [-0.39, 0.29) is 5.91 Å². The highest BCUT2D eigenvalue weighted by molar-refractivity contribution is 7.99. The molecule has 0 aromatic rings. The number of nitrogens with one attached hydrogen (secondary N) is 2. The smallest absolute Gasteiger partial charge is 0.221 e. The molecule has 0 saturated carbocycles. The molecular weight excluding hydrogens is 232 g/mol. The van der Waals surface area contributed by atoms with Crippen molar-refractivity contribution in [1.29, 1.82) is 0 Å². The van der Waals surface area contributed by atoms with Gasteiger partial charge in [-0.2, -0.15) is 11.8 Å². The van der Waals surface area contributed by atoms with Crippen LogP contribution >= 0.6 is 11.8 Å². The van der Waals surface area contributed by atoms with Crippen molar-refractivity contribution < 1.29 is 4.79 Å². The zero-order chi connectivity index (χ0) is 12.5. The lowest BCUT2D eigenvalue weighted by Crippen LogP contribution is -2.41. The number of unbranched alkanes of at least 4 members (excludes halogenated alkanes) is 1. The lowest BCUT2D eigenvalue weighted by atomic mass is 10.1. The van der Waals surface area contributed by atoms with E-state index in [4.69, 9.17) is 0 Å². The van der Waals surface area contributed by atoms with Gasteiger partial charge in [-0.15, -0.1) is 0 Å². The molecule has 1 amide bonds. The molecule has 17 heavy (non-hydrogen) atoms. The molecule has 1 fully saturated rings. The predicted octanol–water partition coefficient (Wildman–Crippen LogP) is 2.02. The van der Waals surface area contributed by atoms with Crippen molar-refractivity contribution in [3.8, 4) is 0 Å². The Morgan fingerprint density at radius 1 is 1.47 bits per heavy atom. The molecule has 1 aliphatic rings. The molecule has 0 spiro atoms. The highest BCUT2D eigenvalue weighted by atomic mass is 32.2. The largest absolute Gasteiger partial charge is 0.356 e. The van der Waals surface area contributed by atoms with Gasteiger partial charge in [0.15, 0.2) is 0 Å². The summed E-state index contributed by atoms with van der Waals surface area (Å²) in [6.07, 6.45) is 4.22. The van der Waals surface area contributed by atoms with E-state index >= 15 is 0 Å². The van der Waals surface area contributed by atoms with E-state index in [1.54, 1.807) is 0 Å². The lowest BCUT2D eigenvalue weighted by molar-refractivity contribution is -0.121. The first-order valence-corrected chi connectivity index (χ1v) is 7.91. The van der Waals surface area contributed by atoms with Crippen LogP contribution in [0.1, 0.15) is 39.5 Å². The van der Waals surface area contributed by atoms with Gasteiger partial charge in [0.05, 0.1) is 0 Å². The van der Waals surface area contributed by atoms with Gasteiger partial charge in [-0.25, -0.2) is 0 Å². The second-order valence-electron chi connectivity index (χ2n) is 5.17. The summed E-state index contributed by atoms with van der Waals surface area (Å²) in [7, 11) is 0. The molecule has 3 nitrogen and oxygen atoms in total. The van der Waals surface area contributed by atoms with Crippen LogP contribution in [0.5, 0.6) is 0 Å². The standard InChI is InChI=1S/C13H26N2OS/c1-11(2)5-3-4-6-15-13(16)9-12-10-17-8-7-14-12/h11-12,14H,3-10H2,1-2H3,(H,15,16). The fraction of sp³-hybridized carbons (Fsp3) is 0.923. The van der Waals surface area contributed by atoms with Crippen molar-refractivity contribution in [2.75, 3.05) is 24.6 Å². The molecular formula is C13H26N2OS. The SMILES string of the molecule is CC(C)CCCCNC(=O)CC1CSCCN1. The molecule has 1 saturated heterocycles. The molecule has 1 atom stereocenters. The van der Waals surface area contributed by atoms with Gasteiger partial charge in [0.1, 0.15) is 0 Å². The first-order valence-electron chi connectivity index (χ1n) is 6.76. The molecule has 0 bridgehead atoms. The van der Waals surface area contributed by atoms with Crippen LogP contribution < -0.4 is 10.6 Å². The summed E-state index contributed by atoms with van der Waals surface area (Å²) in [5.41, 5.74) is 0. The third-order valence-electron chi connectivity index (χ3n) is 2.96. The van der Waals surface area contributed by atoms with Crippen LogP contribution in [0.3, 0.4) is 0 Å². The van der Waals surface area contributed by atoms with E-state index in [1.807, 2.05) is 11.8 Å². The number of amides is 1. The lowest BCUT2D eigenvalue weighted by Gasteiger charge is -2.22. The number of thioether (sulfide) groups is 1. The van der Waals surface area contributed by atoms with Crippen LogP contribution in [0.2, 0.25) is 0 Å². The molecule has 1 heterocycles. The fourth-order valence-electron chi connectivity index (χ4n) is 1.95. The number of carbonyl (C=O) groups is 1. The summed E-state index contributed by atoms with van der Waals surface area (Å²) < 4.78 is 0. The summed E-state index contributed by atoms with van der Waals surface area (Å²) >= 11 is 1.94. The van der Waals surface area contributed by atoms with Gasteiger partial charge in [-0.1, -0.05) is 26.7 Å². The highest BCUT2D eigenvalue weighted by Crippen LogP contribution is 2.10. The van der Waals surface area contributed by atoms with Crippen LogP contribution in [0, 0.1) is 5.92 Å². The van der Waals surface area contributed by atoms with E-state index in [0.29, 0.717) is 12.5 Å². The van der Waals surface area contributed by atoms with E-state index in [9.17, 15) is 4.79 Å². The molecule has 1 unspecified atom stereocenters. The number of carbonyl (C=O) groups excluding carboxylic acids is 1. The second-order valence-corrected chi connectivity index (χ2v) is 6.32. The highest BCUT2D eigenvalue weighted by Gasteiger charge is 2.15. The van der Waals surface area contributed by atoms with Crippen LogP contribution in [-0.2, 0) is 4.79 Å². The Morgan fingerprint density at radius 2 is 2.29 bits per heavy atom. The number of rotatable bonds is 7. The zero-order valence-corrected chi connectivity index (χ0v) is 11.9. The number of hydrogen-bond acceptors (Lipinski definition) is 3. The van der Waals surface area contributed by atoms with Gasteiger partial charge in [0.25, 0.3) is 0 Å². The third kappa shape index (κ3) is 7.66. The molecule has 0 radical (unpaired) electrons. The van der Waals surface area contributed by atoms with Gasteiger partial charge >= 0.3 is 0 Å². The average Bonchev–Trinajstić information content (AvgIpc) is 2.29. The van der Waals surface area contributed by atoms with Gasteiger partial charge in [-0.05, 0) is 12.3 Å². The van der Waals surface area contributed by atoms with E-state index in [1.165, 1.54) is 18.6 Å². The van der Waals surface area contributed by atoms with Crippen molar-refractivity contribution in [2.24, 2.45) is 5.92 Å². The molecule has 4 heteroatoms. The fourth-order valence-corrected chi connectivity index (χ4v) is 2.90. The normalized spacial score (nSPS) is 20.5. The molecule has 0 aliphatic carbocycles. The van der Waals surface area contributed by atoms with Crippen molar-refractivity contribution >= 4 is 17.7 Å². The topological polar surface area (TPSA) is 41.1 Å². The summed E-state index contributed by atoms with van der Waals surface area (Å²) in [5.74, 6) is 3.22. The molecule has 1 aliphatic heterocycles. The maximum Gasteiger partial charge on any atom is 0.221 e. The zero-order valence-electron chi connectivity index (χ0n) is 11.1. The van der Waals surface area contributed by atoms with Crippen LogP contribution in [-0.4, -0.2) is 36.5 Å². The van der Waals surface area contributed by atoms with Gasteiger partial charge in [0.2, 0.25) is 5.91 Å². The average molecular weight is 258 g/mol. The summed E-state index contributed by atoms with van der Waals surface area (Å²) in [6, 6.07) is 0.379. The first-order chi connectivity index (χ1) is 8.18. The van der Waals surface area contributed by atoms with Gasteiger partial charge in [-0.3, -0.25) is 4.79 Å². The minimum Gasteiger partial charge on any atom is -0.356 e. The maximum atomic E-state index is 11.6. The molecule has 1 rings (SSSR count). The molecule has 0 aromatic heterocycles. The first kappa shape index (κ1) is 14.8. The van der Waals surface area contributed by atoms with Gasteiger partial charge in [0, 0.05) is 37.1 Å². The summed E-state index contributed by atoms with van der Waals surface area (Å²) in [6.45, 7) is 6.36.